The van der Waals surface area contributed by atoms with E-state index in [4.69, 9.17) is 11.6 Å². The summed E-state index contributed by atoms with van der Waals surface area (Å²) in [5, 5.41) is 19.4. The second kappa shape index (κ2) is 4.86. The Labute approximate surface area is 87.6 Å². The number of rotatable bonds is 3. The molecule has 2 unspecified atom stereocenters. The number of hydrogen-bond acceptors (Lipinski definition) is 3. The van der Waals surface area contributed by atoms with Gasteiger partial charge in [-0.3, -0.25) is 0 Å². The van der Waals surface area contributed by atoms with Crippen molar-refractivity contribution >= 4 is 24.2 Å². The van der Waals surface area contributed by atoms with Crippen molar-refractivity contribution in [1.82, 2.24) is 0 Å². The first kappa shape index (κ1) is 10.9. The van der Waals surface area contributed by atoms with E-state index in [1.54, 1.807) is 24.3 Å². The Morgan fingerprint density at radius 2 is 1.77 bits per heavy atom. The van der Waals surface area contributed by atoms with Crippen molar-refractivity contribution in [2.75, 3.05) is 5.75 Å². The van der Waals surface area contributed by atoms with Gasteiger partial charge in [0.05, 0.1) is 6.10 Å². The van der Waals surface area contributed by atoms with Gasteiger partial charge in [-0.1, -0.05) is 23.7 Å². The molecule has 72 valence electrons. The second-order valence-electron chi connectivity index (χ2n) is 2.75. The van der Waals surface area contributed by atoms with Crippen LogP contribution in [0.4, 0.5) is 0 Å². The number of halogens is 1. The van der Waals surface area contributed by atoms with E-state index in [0.717, 1.165) is 0 Å². The van der Waals surface area contributed by atoms with E-state index in [2.05, 4.69) is 12.6 Å². The second-order valence-corrected chi connectivity index (χ2v) is 3.55. The van der Waals surface area contributed by atoms with Gasteiger partial charge in [-0.05, 0) is 17.7 Å². The molecule has 0 amide bonds. The first-order valence-electron chi connectivity index (χ1n) is 3.87. The van der Waals surface area contributed by atoms with Crippen molar-refractivity contribution in [2.45, 2.75) is 12.2 Å². The van der Waals surface area contributed by atoms with Crippen molar-refractivity contribution in [3.8, 4) is 0 Å². The molecule has 0 radical (unpaired) electrons. The largest absolute Gasteiger partial charge is 0.389 e. The molecule has 0 aliphatic rings. The minimum atomic E-state index is -0.894. The number of aliphatic hydroxyl groups excluding tert-OH is 2. The third-order valence-electron chi connectivity index (χ3n) is 1.76. The van der Waals surface area contributed by atoms with Gasteiger partial charge in [-0.15, -0.1) is 0 Å². The molecular formula is C9H11ClO2S. The number of hydrogen-bond donors (Lipinski definition) is 3. The normalized spacial score (nSPS) is 15.4. The van der Waals surface area contributed by atoms with Crippen molar-refractivity contribution in [2.24, 2.45) is 0 Å². The summed E-state index contributed by atoms with van der Waals surface area (Å²) in [5.41, 5.74) is 0.644. The lowest BCUT2D eigenvalue weighted by Crippen LogP contribution is -2.19. The maximum atomic E-state index is 9.54. The lowest BCUT2D eigenvalue weighted by atomic mass is 10.1. The van der Waals surface area contributed by atoms with E-state index in [1.807, 2.05) is 0 Å². The third kappa shape index (κ3) is 2.88. The third-order valence-corrected chi connectivity index (χ3v) is 2.39. The summed E-state index contributed by atoms with van der Waals surface area (Å²) < 4.78 is 0. The number of thiol groups is 1. The monoisotopic (exact) mass is 218 g/mol. The molecule has 0 aromatic heterocycles. The van der Waals surface area contributed by atoms with Crippen molar-refractivity contribution in [3.05, 3.63) is 34.9 Å². The maximum Gasteiger partial charge on any atom is 0.106 e. The summed E-state index contributed by atoms with van der Waals surface area (Å²) in [5.74, 6) is 0.226. The van der Waals surface area contributed by atoms with Gasteiger partial charge < -0.3 is 10.2 Å². The Morgan fingerprint density at radius 1 is 1.23 bits per heavy atom. The summed E-state index contributed by atoms with van der Waals surface area (Å²) in [4.78, 5) is 0. The zero-order valence-corrected chi connectivity index (χ0v) is 8.54. The van der Waals surface area contributed by atoms with E-state index in [-0.39, 0.29) is 5.75 Å². The molecular weight excluding hydrogens is 208 g/mol. The van der Waals surface area contributed by atoms with Crippen molar-refractivity contribution in [3.63, 3.8) is 0 Å². The maximum absolute atomic E-state index is 9.54. The van der Waals surface area contributed by atoms with Gasteiger partial charge in [0.2, 0.25) is 0 Å². The van der Waals surface area contributed by atoms with Gasteiger partial charge in [0.15, 0.2) is 0 Å². The van der Waals surface area contributed by atoms with Gasteiger partial charge in [0.25, 0.3) is 0 Å². The lowest BCUT2D eigenvalue weighted by Gasteiger charge is -2.15. The smallest absolute Gasteiger partial charge is 0.106 e. The van der Waals surface area contributed by atoms with Gasteiger partial charge in [-0.2, -0.15) is 12.6 Å². The van der Waals surface area contributed by atoms with E-state index in [0.29, 0.717) is 10.6 Å². The Kier molecular flexibility index (Phi) is 4.06. The summed E-state index contributed by atoms with van der Waals surface area (Å²) in [6, 6.07) is 6.70. The molecule has 0 saturated heterocycles. The van der Waals surface area contributed by atoms with Gasteiger partial charge >= 0.3 is 0 Å². The molecule has 0 heterocycles. The molecule has 1 aromatic rings. The van der Waals surface area contributed by atoms with Crippen LogP contribution in [0.5, 0.6) is 0 Å². The Balaban J connectivity index is 2.77. The zero-order valence-electron chi connectivity index (χ0n) is 6.89. The van der Waals surface area contributed by atoms with Crippen LogP contribution in [0, 0.1) is 0 Å². The summed E-state index contributed by atoms with van der Waals surface area (Å²) in [7, 11) is 0. The fraction of sp³-hybridized carbons (Fsp3) is 0.333. The molecule has 0 saturated carbocycles. The van der Waals surface area contributed by atoms with Crippen LogP contribution in [0.2, 0.25) is 5.02 Å². The van der Waals surface area contributed by atoms with Gasteiger partial charge in [-0.25, -0.2) is 0 Å². The average molecular weight is 219 g/mol. The van der Waals surface area contributed by atoms with Gasteiger partial charge in [0, 0.05) is 10.8 Å². The fourth-order valence-electron chi connectivity index (χ4n) is 0.982. The van der Waals surface area contributed by atoms with E-state index in [9.17, 15) is 10.2 Å². The van der Waals surface area contributed by atoms with Crippen LogP contribution in [0.25, 0.3) is 0 Å². The minimum absolute atomic E-state index is 0.226. The molecule has 0 fully saturated rings. The standard InChI is InChI=1S/C9H11ClO2S/c10-7-3-1-6(2-4-7)9(12)8(11)5-13/h1-4,8-9,11-13H,5H2. The molecule has 1 aromatic carbocycles. The lowest BCUT2D eigenvalue weighted by molar-refractivity contribution is 0.0337. The van der Waals surface area contributed by atoms with Gasteiger partial charge in [0.1, 0.15) is 6.10 Å². The molecule has 2 nitrogen and oxygen atoms in total. The number of benzene rings is 1. The highest BCUT2D eigenvalue weighted by molar-refractivity contribution is 7.80. The highest BCUT2D eigenvalue weighted by Crippen LogP contribution is 2.19. The SMILES string of the molecule is OC(CS)C(O)c1ccc(Cl)cc1. The molecule has 0 aliphatic heterocycles. The van der Waals surface area contributed by atoms with E-state index in [1.165, 1.54) is 0 Å². The van der Waals surface area contributed by atoms with Crippen LogP contribution in [0.3, 0.4) is 0 Å². The molecule has 0 aliphatic carbocycles. The van der Waals surface area contributed by atoms with Crippen LogP contribution in [0.15, 0.2) is 24.3 Å². The van der Waals surface area contributed by atoms with E-state index >= 15 is 0 Å². The van der Waals surface area contributed by atoms with Crippen molar-refractivity contribution in [1.29, 1.82) is 0 Å². The van der Waals surface area contributed by atoms with Crippen LogP contribution in [-0.2, 0) is 0 Å². The molecule has 4 heteroatoms. The number of aliphatic hydroxyl groups is 2. The Morgan fingerprint density at radius 3 is 2.23 bits per heavy atom. The minimum Gasteiger partial charge on any atom is -0.389 e. The van der Waals surface area contributed by atoms with Crippen LogP contribution < -0.4 is 0 Å². The summed E-state index contributed by atoms with van der Waals surface area (Å²) >= 11 is 9.56. The zero-order chi connectivity index (χ0) is 9.84. The molecule has 2 atom stereocenters. The molecule has 13 heavy (non-hydrogen) atoms. The molecule has 0 bridgehead atoms. The van der Waals surface area contributed by atoms with E-state index < -0.39 is 12.2 Å². The topological polar surface area (TPSA) is 40.5 Å². The van der Waals surface area contributed by atoms with Crippen molar-refractivity contribution < 1.29 is 10.2 Å². The predicted octanol–water partition coefficient (Wildman–Crippen LogP) is 1.66. The predicted molar refractivity (Wildman–Crippen MR) is 56.3 cm³/mol. The first-order valence-corrected chi connectivity index (χ1v) is 4.88. The molecule has 0 spiro atoms. The quantitative estimate of drug-likeness (QED) is 0.676. The highest BCUT2D eigenvalue weighted by Gasteiger charge is 2.16. The van der Waals surface area contributed by atoms with Crippen LogP contribution >= 0.6 is 24.2 Å². The summed E-state index contributed by atoms with van der Waals surface area (Å²) in [6.07, 6.45) is -1.74. The van der Waals surface area contributed by atoms with Crippen LogP contribution in [0.1, 0.15) is 11.7 Å². The first-order chi connectivity index (χ1) is 6.15. The molecule has 2 N–H and O–H groups in total. The molecule has 1 rings (SSSR count). The summed E-state index contributed by atoms with van der Waals surface area (Å²) in [6.45, 7) is 0. The average Bonchev–Trinajstić information content (AvgIpc) is 2.17. The highest BCUT2D eigenvalue weighted by atomic mass is 35.5. The Hall–Kier alpha value is -0.220. The fourth-order valence-corrected chi connectivity index (χ4v) is 1.31. The Bertz CT molecular complexity index is 263. The van der Waals surface area contributed by atoms with Crippen LogP contribution in [-0.4, -0.2) is 22.1 Å².